The van der Waals surface area contributed by atoms with E-state index >= 15 is 0 Å². The number of hydrogen-bond acceptors (Lipinski definition) is 5. The molecule has 0 bridgehead atoms. The summed E-state index contributed by atoms with van der Waals surface area (Å²) in [6.07, 6.45) is 0.244. The molecule has 0 spiro atoms. The number of benzene rings is 1. The molecule has 6 nitrogen and oxygen atoms in total. The Morgan fingerprint density at radius 3 is 2.85 bits per heavy atom. The summed E-state index contributed by atoms with van der Waals surface area (Å²) in [6.45, 7) is 4.01. The monoisotopic (exact) mass is 376 g/mol. The number of halogens is 1. The largest absolute Gasteiger partial charge is 0.391 e. The summed E-state index contributed by atoms with van der Waals surface area (Å²) in [7, 11) is 0. The summed E-state index contributed by atoms with van der Waals surface area (Å²) < 4.78 is 0. The van der Waals surface area contributed by atoms with Crippen molar-refractivity contribution >= 4 is 24.1 Å². The van der Waals surface area contributed by atoms with Gasteiger partial charge < -0.3 is 21.1 Å². The Hall–Kier alpha value is -2.15. The molecule has 1 amide bonds. The van der Waals surface area contributed by atoms with Gasteiger partial charge in [0.25, 0.3) is 5.91 Å². The first-order valence-electron chi connectivity index (χ1n) is 8.53. The van der Waals surface area contributed by atoms with E-state index in [1.807, 2.05) is 43.3 Å². The molecule has 140 valence electrons. The van der Waals surface area contributed by atoms with Crippen LogP contribution in [0.1, 0.15) is 33.6 Å². The first kappa shape index (κ1) is 20.2. The van der Waals surface area contributed by atoms with E-state index in [-0.39, 0.29) is 18.3 Å². The molecule has 0 aliphatic carbocycles. The third kappa shape index (κ3) is 4.94. The third-order valence-corrected chi connectivity index (χ3v) is 4.35. The highest BCUT2D eigenvalue weighted by molar-refractivity contribution is 5.94. The maximum absolute atomic E-state index is 12.5. The number of likely N-dealkylation sites (tertiary alicyclic amines) is 1. The molecule has 26 heavy (non-hydrogen) atoms. The van der Waals surface area contributed by atoms with Gasteiger partial charge >= 0.3 is 0 Å². The minimum absolute atomic E-state index is 0. The Labute approximate surface area is 159 Å². The van der Waals surface area contributed by atoms with Crippen molar-refractivity contribution in [3.63, 3.8) is 0 Å². The van der Waals surface area contributed by atoms with Crippen LogP contribution in [0.25, 0.3) is 0 Å². The van der Waals surface area contributed by atoms with Crippen LogP contribution in [0.4, 0.5) is 5.82 Å². The van der Waals surface area contributed by atoms with Gasteiger partial charge in [-0.3, -0.25) is 4.79 Å². The summed E-state index contributed by atoms with van der Waals surface area (Å²) in [5.74, 6) is 0.748. The van der Waals surface area contributed by atoms with E-state index < -0.39 is 6.10 Å². The fourth-order valence-corrected chi connectivity index (χ4v) is 3.06. The first-order valence-corrected chi connectivity index (χ1v) is 8.53. The number of β-amino-alcohol motifs (C(OH)–C–C–N with tert-alkyl or cyclic N) is 1. The Bertz CT molecular complexity index is 769. The number of nitrogens with one attached hydrogen (secondary N) is 1. The standard InChI is InChI=1S/C19H24N4O2.ClH/c1-13-7-15(10-20)9-18(22-13)21-11-14-3-2-4-16(8-14)19(25)23-6-5-17(24)12-23;/h2-4,7-9,17,24H,5-6,10-12,20H2,1H3,(H,21,22);1H/t17-;/m0./s1. The van der Waals surface area contributed by atoms with Crippen LogP contribution in [0.3, 0.4) is 0 Å². The topological polar surface area (TPSA) is 91.5 Å². The van der Waals surface area contributed by atoms with E-state index in [1.165, 1.54) is 0 Å². The lowest BCUT2D eigenvalue weighted by Gasteiger charge is -2.16. The van der Waals surface area contributed by atoms with E-state index in [0.29, 0.717) is 38.2 Å². The minimum Gasteiger partial charge on any atom is -0.391 e. The lowest BCUT2D eigenvalue weighted by atomic mass is 10.1. The highest BCUT2D eigenvalue weighted by Gasteiger charge is 2.25. The van der Waals surface area contributed by atoms with Gasteiger partial charge in [-0.05, 0) is 48.7 Å². The zero-order valence-corrected chi connectivity index (χ0v) is 15.6. The van der Waals surface area contributed by atoms with Crippen LogP contribution in [-0.4, -0.2) is 40.1 Å². The van der Waals surface area contributed by atoms with Gasteiger partial charge in [0, 0.05) is 37.4 Å². The van der Waals surface area contributed by atoms with Crippen LogP contribution in [0, 0.1) is 6.92 Å². The number of carbonyl (C=O) groups excluding carboxylic acids is 1. The van der Waals surface area contributed by atoms with Gasteiger partial charge in [-0.2, -0.15) is 0 Å². The fraction of sp³-hybridized carbons (Fsp3) is 0.368. The number of aromatic nitrogens is 1. The molecular weight excluding hydrogens is 352 g/mol. The lowest BCUT2D eigenvalue weighted by Crippen LogP contribution is -2.29. The first-order chi connectivity index (χ1) is 12.0. The van der Waals surface area contributed by atoms with Gasteiger partial charge in [0.1, 0.15) is 5.82 Å². The molecule has 4 N–H and O–H groups in total. The molecule has 1 aliphatic heterocycles. The van der Waals surface area contributed by atoms with Crippen LogP contribution in [-0.2, 0) is 13.1 Å². The van der Waals surface area contributed by atoms with Gasteiger partial charge in [-0.25, -0.2) is 4.98 Å². The van der Waals surface area contributed by atoms with Crippen LogP contribution in [0.2, 0.25) is 0 Å². The molecule has 2 heterocycles. The minimum atomic E-state index is -0.405. The third-order valence-electron chi connectivity index (χ3n) is 4.35. The second-order valence-electron chi connectivity index (χ2n) is 6.45. The van der Waals surface area contributed by atoms with Crippen LogP contribution in [0.15, 0.2) is 36.4 Å². The van der Waals surface area contributed by atoms with E-state index in [9.17, 15) is 9.90 Å². The summed E-state index contributed by atoms with van der Waals surface area (Å²) in [5.41, 5.74) is 9.30. The number of carbonyl (C=O) groups is 1. The van der Waals surface area contributed by atoms with Gasteiger partial charge in [0.15, 0.2) is 0 Å². The Morgan fingerprint density at radius 1 is 1.35 bits per heavy atom. The molecule has 0 saturated carbocycles. The predicted molar refractivity (Wildman–Crippen MR) is 104 cm³/mol. The van der Waals surface area contributed by atoms with Crippen molar-refractivity contribution in [3.05, 3.63) is 58.8 Å². The summed E-state index contributed by atoms with van der Waals surface area (Å²) in [6, 6.07) is 11.5. The molecule has 1 aromatic heterocycles. The second kappa shape index (κ2) is 8.98. The molecule has 1 aromatic carbocycles. The zero-order chi connectivity index (χ0) is 17.8. The van der Waals surface area contributed by atoms with E-state index in [2.05, 4.69) is 10.3 Å². The molecule has 0 unspecified atom stereocenters. The Balaban J connectivity index is 0.00000243. The number of nitrogens with zero attached hydrogens (tertiary/aromatic N) is 2. The van der Waals surface area contributed by atoms with Gasteiger partial charge in [-0.15, -0.1) is 12.4 Å². The number of hydrogen-bond donors (Lipinski definition) is 3. The molecule has 3 rings (SSSR count). The number of pyridine rings is 1. The van der Waals surface area contributed by atoms with Gasteiger partial charge in [0.2, 0.25) is 0 Å². The molecule has 1 atom stereocenters. The maximum atomic E-state index is 12.5. The average molecular weight is 377 g/mol. The number of amides is 1. The summed E-state index contributed by atoms with van der Waals surface area (Å²) in [5, 5.41) is 12.9. The van der Waals surface area contributed by atoms with E-state index in [0.717, 1.165) is 22.6 Å². The fourth-order valence-electron chi connectivity index (χ4n) is 3.06. The number of anilines is 1. The molecule has 2 aromatic rings. The number of aliphatic hydroxyl groups is 1. The number of nitrogens with two attached hydrogens (primary N) is 1. The smallest absolute Gasteiger partial charge is 0.253 e. The van der Waals surface area contributed by atoms with E-state index in [4.69, 9.17) is 5.73 Å². The highest BCUT2D eigenvalue weighted by Crippen LogP contribution is 2.16. The average Bonchev–Trinajstić information content (AvgIpc) is 3.05. The van der Waals surface area contributed by atoms with Crippen molar-refractivity contribution in [2.75, 3.05) is 18.4 Å². The summed E-state index contributed by atoms with van der Waals surface area (Å²) >= 11 is 0. The second-order valence-corrected chi connectivity index (χ2v) is 6.45. The van der Waals surface area contributed by atoms with Crippen LogP contribution < -0.4 is 11.1 Å². The Kier molecular flexibility index (Phi) is 6.97. The molecule has 1 fully saturated rings. The molecule has 7 heteroatoms. The maximum Gasteiger partial charge on any atom is 0.253 e. The van der Waals surface area contributed by atoms with Crippen molar-refractivity contribution in [2.45, 2.75) is 32.5 Å². The quantitative estimate of drug-likeness (QED) is 0.743. The van der Waals surface area contributed by atoms with Crippen molar-refractivity contribution in [3.8, 4) is 0 Å². The zero-order valence-electron chi connectivity index (χ0n) is 14.8. The van der Waals surface area contributed by atoms with Gasteiger partial charge in [0.05, 0.1) is 6.10 Å². The van der Waals surface area contributed by atoms with Crippen LogP contribution in [0.5, 0.6) is 0 Å². The van der Waals surface area contributed by atoms with Crippen molar-refractivity contribution in [1.82, 2.24) is 9.88 Å². The highest BCUT2D eigenvalue weighted by atomic mass is 35.5. The molecule has 1 aliphatic rings. The van der Waals surface area contributed by atoms with Crippen molar-refractivity contribution in [2.24, 2.45) is 5.73 Å². The van der Waals surface area contributed by atoms with Gasteiger partial charge in [-0.1, -0.05) is 12.1 Å². The molecular formula is C19H25ClN4O2. The number of aryl methyl sites for hydroxylation is 1. The SMILES string of the molecule is Cc1cc(CN)cc(NCc2cccc(C(=O)N3CC[C@H](O)C3)c2)n1.Cl. The van der Waals surface area contributed by atoms with Crippen molar-refractivity contribution in [1.29, 1.82) is 0 Å². The lowest BCUT2D eigenvalue weighted by molar-refractivity contribution is 0.0765. The molecule has 1 saturated heterocycles. The molecule has 0 radical (unpaired) electrons. The van der Waals surface area contributed by atoms with E-state index in [1.54, 1.807) is 4.90 Å². The summed E-state index contributed by atoms with van der Waals surface area (Å²) in [4.78, 5) is 18.7. The number of rotatable bonds is 5. The van der Waals surface area contributed by atoms with Crippen molar-refractivity contribution < 1.29 is 9.90 Å². The predicted octanol–water partition coefficient (Wildman–Crippen LogP) is 2.09. The Morgan fingerprint density at radius 2 is 2.15 bits per heavy atom. The van der Waals surface area contributed by atoms with Crippen LogP contribution >= 0.6 is 12.4 Å². The number of aliphatic hydroxyl groups excluding tert-OH is 1. The normalized spacial score (nSPS) is 16.3.